The molecule has 0 unspecified atom stereocenters. The number of nitrogens with zero attached hydrogens (tertiary/aromatic N) is 1. The van der Waals surface area contributed by atoms with Crippen LogP contribution in [0.15, 0.2) is 108 Å². The first-order chi connectivity index (χ1) is 18.0. The zero-order valence-corrected chi connectivity index (χ0v) is 21.5. The summed E-state index contributed by atoms with van der Waals surface area (Å²) in [6.45, 7) is 4.82. The standard InChI is InChI=1S/C34H33NO2/c1-24(2)19-31-23-32(36)34(37)35(18-17-26-15-16-28-12-6-7-13-29(28)21-26)33(31)30-14-8-11-27(22-30)20-25-9-4-3-5-10-25/h3-16,21-24,36H,17-20H2,1-2H3. The van der Waals surface area contributed by atoms with Crippen LogP contribution in [0, 0.1) is 5.92 Å². The summed E-state index contributed by atoms with van der Waals surface area (Å²) in [4.78, 5) is 13.3. The minimum absolute atomic E-state index is 0.182. The Hall–Kier alpha value is -4.11. The molecule has 0 aliphatic rings. The zero-order chi connectivity index (χ0) is 25.8. The van der Waals surface area contributed by atoms with Gasteiger partial charge in [0.15, 0.2) is 5.75 Å². The van der Waals surface area contributed by atoms with Crippen molar-refractivity contribution in [2.45, 2.75) is 39.7 Å². The summed E-state index contributed by atoms with van der Waals surface area (Å²) in [6.07, 6.45) is 2.31. The first kappa shape index (κ1) is 24.6. The van der Waals surface area contributed by atoms with Crippen LogP contribution in [-0.2, 0) is 25.8 Å². The summed E-state index contributed by atoms with van der Waals surface area (Å²) >= 11 is 0. The smallest absolute Gasteiger partial charge is 0.293 e. The molecule has 0 atom stereocenters. The summed E-state index contributed by atoms with van der Waals surface area (Å²) in [7, 11) is 0. The van der Waals surface area contributed by atoms with Crippen LogP contribution >= 0.6 is 0 Å². The molecule has 5 aromatic rings. The van der Waals surface area contributed by atoms with Gasteiger partial charge in [0.05, 0.1) is 5.69 Å². The van der Waals surface area contributed by atoms with Crippen molar-refractivity contribution < 1.29 is 5.11 Å². The number of aryl methyl sites for hydroxylation is 1. The number of rotatable bonds is 8. The molecule has 37 heavy (non-hydrogen) atoms. The molecule has 3 nitrogen and oxygen atoms in total. The summed E-state index contributed by atoms with van der Waals surface area (Å²) in [5.41, 5.74) is 6.21. The molecule has 0 bridgehead atoms. The van der Waals surface area contributed by atoms with Crippen LogP contribution in [0.1, 0.15) is 36.1 Å². The van der Waals surface area contributed by atoms with Crippen molar-refractivity contribution in [2.24, 2.45) is 5.92 Å². The molecule has 1 aromatic heterocycles. The Labute approximate surface area is 218 Å². The second-order valence-electron chi connectivity index (χ2n) is 10.3. The highest BCUT2D eigenvalue weighted by atomic mass is 16.3. The Morgan fingerprint density at radius 2 is 1.46 bits per heavy atom. The van der Waals surface area contributed by atoms with Crippen LogP contribution in [0.5, 0.6) is 5.75 Å². The number of aromatic nitrogens is 1. The molecule has 1 heterocycles. The minimum Gasteiger partial charge on any atom is -0.503 e. The number of fused-ring (bicyclic) bond motifs is 1. The fourth-order valence-corrected chi connectivity index (χ4v) is 5.15. The van der Waals surface area contributed by atoms with E-state index in [-0.39, 0.29) is 11.3 Å². The van der Waals surface area contributed by atoms with Crippen molar-refractivity contribution in [3.63, 3.8) is 0 Å². The normalized spacial score (nSPS) is 11.3. The molecule has 0 amide bonds. The van der Waals surface area contributed by atoms with E-state index in [2.05, 4.69) is 92.7 Å². The third kappa shape index (κ3) is 5.67. The Bertz CT molecular complexity index is 1580. The largest absolute Gasteiger partial charge is 0.503 e. The van der Waals surface area contributed by atoms with Gasteiger partial charge in [-0.1, -0.05) is 105 Å². The van der Waals surface area contributed by atoms with Gasteiger partial charge in [-0.25, -0.2) is 0 Å². The summed E-state index contributed by atoms with van der Waals surface area (Å²) in [5, 5.41) is 13.0. The Morgan fingerprint density at radius 3 is 2.24 bits per heavy atom. The van der Waals surface area contributed by atoms with Crippen LogP contribution in [0.4, 0.5) is 0 Å². The molecule has 0 saturated heterocycles. The van der Waals surface area contributed by atoms with Crippen LogP contribution in [-0.4, -0.2) is 9.67 Å². The van der Waals surface area contributed by atoms with Gasteiger partial charge in [0.1, 0.15) is 0 Å². The van der Waals surface area contributed by atoms with Crippen molar-refractivity contribution in [3.8, 4) is 17.0 Å². The van der Waals surface area contributed by atoms with Crippen molar-refractivity contribution in [1.82, 2.24) is 4.57 Å². The molecule has 1 N–H and O–H groups in total. The maximum atomic E-state index is 13.3. The van der Waals surface area contributed by atoms with E-state index in [9.17, 15) is 9.90 Å². The predicted molar refractivity (Wildman–Crippen MR) is 153 cm³/mol. The van der Waals surface area contributed by atoms with Crippen LogP contribution in [0.3, 0.4) is 0 Å². The van der Waals surface area contributed by atoms with Gasteiger partial charge in [0.25, 0.3) is 5.56 Å². The van der Waals surface area contributed by atoms with E-state index < -0.39 is 0 Å². The van der Waals surface area contributed by atoms with Crippen LogP contribution in [0.25, 0.3) is 22.0 Å². The molecular formula is C34H33NO2. The third-order valence-electron chi connectivity index (χ3n) is 6.87. The third-order valence-corrected chi connectivity index (χ3v) is 6.87. The van der Waals surface area contributed by atoms with E-state index in [1.807, 2.05) is 18.2 Å². The minimum atomic E-state index is -0.336. The van der Waals surface area contributed by atoms with Gasteiger partial charge in [-0.15, -0.1) is 0 Å². The predicted octanol–water partition coefficient (Wildman–Crippen LogP) is 7.41. The van der Waals surface area contributed by atoms with E-state index in [1.54, 1.807) is 10.6 Å². The summed E-state index contributed by atoms with van der Waals surface area (Å²) < 4.78 is 1.78. The van der Waals surface area contributed by atoms with E-state index in [4.69, 9.17) is 0 Å². The molecule has 4 aromatic carbocycles. The fraction of sp³-hybridized carbons (Fsp3) is 0.206. The molecule has 5 rings (SSSR count). The number of pyridine rings is 1. The van der Waals surface area contributed by atoms with Gasteiger partial charge in [0.2, 0.25) is 0 Å². The van der Waals surface area contributed by atoms with Crippen molar-refractivity contribution in [2.75, 3.05) is 0 Å². The van der Waals surface area contributed by atoms with E-state index in [0.29, 0.717) is 18.9 Å². The molecule has 3 heteroatoms. The Balaban J connectivity index is 1.55. The average Bonchev–Trinajstić information content (AvgIpc) is 2.90. The lowest BCUT2D eigenvalue weighted by Gasteiger charge is -2.20. The van der Waals surface area contributed by atoms with Gasteiger partial charge in [-0.05, 0) is 75.9 Å². The van der Waals surface area contributed by atoms with Gasteiger partial charge in [0, 0.05) is 6.54 Å². The number of hydrogen-bond donors (Lipinski definition) is 1. The zero-order valence-electron chi connectivity index (χ0n) is 21.5. The highest BCUT2D eigenvalue weighted by molar-refractivity contribution is 5.83. The molecule has 186 valence electrons. The van der Waals surface area contributed by atoms with Gasteiger partial charge >= 0.3 is 0 Å². The van der Waals surface area contributed by atoms with Crippen LogP contribution < -0.4 is 5.56 Å². The number of benzene rings is 4. The lowest BCUT2D eigenvalue weighted by Crippen LogP contribution is -2.24. The second kappa shape index (κ2) is 10.9. The lowest BCUT2D eigenvalue weighted by molar-refractivity contribution is 0.455. The van der Waals surface area contributed by atoms with Crippen molar-refractivity contribution >= 4 is 10.8 Å². The molecule has 0 fully saturated rings. The molecule has 0 spiro atoms. The van der Waals surface area contributed by atoms with E-state index in [0.717, 1.165) is 29.7 Å². The molecule has 0 aliphatic carbocycles. The Morgan fingerprint density at radius 1 is 0.730 bits per heavy atom. The highest BCUT2D eigenvalue weighted by Crippen LogP contribution is 2.29. The summed E-state index contributed by atoms with van der Waals surface area (Å²) in [6, 6.07) is 35.3. The van der Waals surface area contributed by atoms with Crippen LogP contribution in [0.2, 0.25) is 0 Å². The molecule has 0 radical (unpaired) electrons. The van der Waals surface area contributed by atoms with Crippen molar-refractivity contribution in [3.05, 3.63) is 136 Å². The Kier molecular flexibility index (Phi) is 7.23. The monoisotopic (exact) mass is 487 g/mol. The average molecular weight is 488 g/mol. The van der Waals surface area contributed by atoms with E-state index in [1.165, 1.54) is 27.5 Å². The summed E-state index contributed by atoms with van der Waals surface area (Å²) in [5.74, 6) is 0.204. The maximum absolute atomic E-state index is 13.3. The fourth-order valence-electron chi connectivity index (χ4n) is 5.15. The van der Waals surface area contributed by atoms with E-state index >= 15 is 0 Å². The van der Waals surface area contributed by atoms with Crippen molar-refractivity contribution in [1.29, 1.82) is 0 Å². The first-order valence-corrected chi connectivity index (χ1v) is 13.0. The molecule has 0 aliphatic heterocycles. The molecular weight excluding hydrogens is 454 g/mol. The number of aromatic hydroxyl groups is 1. The topological polar surface area (TPSA) is 42.2 Å². The van der Waals surface area contributed by atoms with Gasteiger partial charge in [-0.3, -0.25) is 4.79 Å². The lowest BCUT2D eigenvalue weighted by atomic mass is 9.95. The van der Waals surface area contributed by atoms with Gasteiger partial charge in [-0.2, -0.15) is 0 Å². The molecule has 0 saturated carbocycles. The first-order valence-electron chi connectivity index (χ1n) is 13.0. The van der Waals surface area contributed by atoms with Gasteiger partial charge < -0.3 is 9.67 Å². The quantitative estimate of drug-likeness (QED) is 0.248. The SMILES string of the molecule is CC(C)Cc1cc(O)c(=O)n(CCc2ccc3ccccc3c2)c1-c1cccc(Cc2ccccc2)c1. The number of hydrogen-bond acceptors (Lipinski definition) is 2. The highest BCUT2D eigenvalue weighted by Gasteiger charge is 2.18. The second-order valence-corrected chi connectivity index (χ2v) is 10.3. The maximum Gasteiger partial charge on any atom is 0.293 e.